The molecule has 1 aromatic rings. The first kappa shape index (κ1) is 19.6. The second-order valence-electron chi connectivity index (χ2n) is 6.97. The number of esters is 1. The van der Waals surface area contributed by atoms with Gasteiger partial charge in [-0.25, -0.2) is 9.79 Å². The van der Waals surface area contributed by atoms with Crippen molar-refractivity contribution >= 4 is 17.7 Å². The molecule has 2 atom stereocenters. The van der Waals surface area contributed by atoms with Crippen molar-refractivity contribution in [2.24, 2.45) is 10.9 Å². The van der Waals surface area contributed by atoms with Crippen molar-refractivity contribution in [3.05, 3.63) is 17.7 Å². The summed E-state index contributed by atoms with van der Waals surface area (Å²) in [4.78, 5) is 28.5. The van der Waals surface area contributed by atoms with Gasteiger partial charge in [0.1, 0.15) is 11.5 Å². The molecule has 0 radical (unpaired) electrons. The van der Waals surface area contributed by atoms with Gasteiger partial charge in [0.25, 0.3) is 0 Å². The van der Waals surface area contributed by atoms with Gasteiger partial charge in [0.15, 0.2) is 11.5 Å². The summed E-state index contributed by atoms with van der Waals surface area (Å²) in [6.45, 7) is 6.90. The molecule has 0 saturated heterocycles. The smallest absolute Gasteiger partial charge is 0.341 e. The predicted octanol–water partition coefficient (Wildman–Crippen LogP) is 2.59. The van der Waals surface area contributed by atoms with Crippen molar-refractivity contribution < 1.29 is 28.9 Å². The molecule has 1 heterocycles. The van der Waals surface area contributed by atoms with Gasteiger partial charge >= 0.3 is 12.0 Å². The zero-order chi connectivity index (χ0) is 19.6. The van der Waals surface area contributed by atoms with Crippen LogP contribution in [-0.4, -0.2) is 42.6 Å². The highest BCUT2D eigenvalue weighted by molar-refractivity contribution is 6.08. The molecule has 2 N–H and O–H groups in total. The Bertz CT molecular complexity index is 726. The van der Waals surface area contributed by atoms with Crippen molar-refractivity contribution in [3.63, 3.8) is 0 Å². The number of carbonyl (C=O) groups excluding carboxylic acids is 2. The van der Waals surface area contributed by atoms with Crippen LogP contribution in [0, 0.1) is 5.92 Å². The van der Waals surface area contributed by atoms with Crippen LogP contribution in [0.3, 0.4) is 0 Å². The summed E-state index contributed by atoms with van der Waals surface area (Å²) in [6, 6.07) is 1.79. The number of phenols is 1. The molecular formula is C18H24N2O6. The number of methoxy groups -OCH3 is 2. The largest absolute Gasteiger partial charge is 0.502 e. The highest BCUT2D eigenvalue weighted by Gasteiger charge is 2.40. The maximum Gasteiger partial charge on any atom is 0.341 e. The van der Waals surface area contributed by atoms with Crippen molar-refractivity contribution in [1.29, 1.82) is 0 Å². The number of phenolic OH excluding ortho intramolecular Hbond substituents is 1. The van der Waals surface area contributed by atoms with E-state index in [1.54, 1.807) is 39.8 Å². The second kappa shape index (κ2) is 7.23. The van der Waals surface area contributed by atoms with Crippen LogP contribution in [0.2, 0.25) is 0 Å². The van der Waals surface area contributed by atoms with Crippen LogP contribution in [0.1, 0.15) is 39.3 Å². The number of carbonyl (C=O) groups is 2. The average Bonchev–Trinajstić information content (AvgIpc) is 2.52. The van der Waals surface area contributed by atoms with Crippen molar-refractivity contribution in [2.45, 2.75) is 39.3 Å². The maximum atomic E-state index is 12.7. The number of nitrogens with zero attached hydrogens (tertiary/aromatic N) is 1. The van der Waals surface area contributed by atoms with Crippen LogP contribution >= 0.6 is 0 Å². The van der Waals surface area contributed by atoms with E-state index in [1.165, 1.54) is 14.2 Å². The molecule has 142 valence electrons. The number of hydrogen-bond donors (Lipinski definition) is 2. The fourth-order valence-electron chi connectivity index (χ4n) is 2.76. The molecule has 26 heavy (non-hydrogen) atoms. The lowest BCUT2D eigenvalue weighted by Crippen LogP contribution is -2.45. The lowest BCUT2D eigenvalue weighted by molar-refractivity contribution is -0.158. The lowest BCUT2D eigenvalue weighted by Gasteiger charge is -2.32. The third-order valence-electron chi connectivity index (χ3n) is 3.86. The summed E-state index contributed by atoms with van der Waals surface area (Å²) >= 11 is 0. The summed E-state index contributed by atoms with van der Waals surface area (Å²) in [7, 11) is 2.80. The van der Waals surface area contributed by atoms with E-state index in [1.807, 2.05) is 0 Å². The van der Waals surface area contributed by atoms with E-state index >= 15 is 0 Å². The van der Waals surface area contributed by atoms with E-state index in [4.69, 9.17) is 14.2 Å². The molecular weight excluding hydrogens is 340 g/mol. The quantitative estimate of drug-likeness (QED) is 0.796. The molecule has 0 aliphatic carbocycles. The average molecular weight is 364 g/mol. The first-order valence-corrected chi connectivity index (χ1v) is 8.10. The van der Waals surface area contributed by atoms with Gasteiger partial charge in [-0.3, -0.25) is 4.79 Å². The van der Waals surface area contributed by atoms with E-state index in [2.05, 4.69) is 10.3 Å². The summed E-state index contributed by atoms with van der Waals surface area (Å²) < 4.78 is 15.8. The molecule has 0 aromatic heterocycles. The van der Waals surface area contributed by atoms with Gasteiger partial charge in [-0.2, -0.15) is 0 Å². The summed E-state index contributed by atoms with van der Waals surface area (Å²) in [5.74, 6) is -1.16. The Hall–Kier alpha value is -2.77. The van der Waals surface area contributed by atoms with E-state index in [0.29, 0.717) is 11.3 Å². The number of nitrogens with one attached hydrogen (secondary N) is 1. The normalized spacial score (nSPS) is 20.1. The Kier molecular flexibility index (Phi) is 5.44. The number of amides is 2. The molecule has 0 spiro atoms. The minimum atomic E-state index is -0.814. The molecule has 1 aromatic carbocycles. The monoisotopic (exact) mass is 364 g/mol. The zero-order valence-electron chi connectivity index (χ0n) is 15.7. The minimum Gasteiger partial charge on any atom is -0.502 e. The Balaban J connectivity index is 2.52. The van der Waals surface area contributed by atoms with Crippen molar-refractivity contribution in [1.82, 2.24) is 5.32 Å². The van der Waals surface area contributed by atoms with Gasteiger partial charge in [0, 0.05) is 5.71 Å². The van der Waals surface area contributed by atoms with Gasteiger partial charge in [-0.1, -0.05) is 0 Å². The predicted molar refractivity (Wildman–Crippen MR) is 94.9 cm³/mol. The molecule has 1 aliphatic heterocycles. The highest BCUT2D eigenvalue weighted by atomic mass is 16.6. The number of hydrogen-bond acceptors (Lipinski definition) is 6. The first-order valence-electron chi connectivity index (χ1n) is 8.10. The van der Waals surface area contributed by atoms with Crippen LogP contribution in [-0.2, 0) is 9.53 Å². The minimum absolute atomic E-state index is 0.164. The number of benzene rings is 1. The molecule has 0 fully saturated rings. The van der Waals surface area contributed by atoms with Crippen LogP contribution in [0.5, 0.6) is 17.2 Å². The van der Waals surface area contributed by atoms with E-state index < -0.39 is 29.6 Å². The topological polar surface area (TPSA) is 106 Å². The van der Waals surface area contributed by atoms with Crippen molar-refractivity contribution in [2.75, 3.05) is 14.2 Å². The van der Waals surface area contributed by atoms with Gasteiger partial charge in [-0.05, 0) is 45.4 Å². The highest BCUT2D eigenvalue weighted by Crippen LogP contribution is 2.41. The van der Waals surface area contributed by atoms with Gasteiger partial charge in [-0.15, -0.1) is 0 Å². The maximum absolute atomic E-state index is 12.7. The van der Waals surface area contributed by atoms with E-state index in [9.17, 15) is 14.7 Å². The molecule has 2 unspecified atom stereocenters. The van der Waals surface area contributed by atoms with Gasteiger partial charge < -0.3 is 24.6 Å². The van der Waals surface area contributed by atoms with Gasteiger partial charge in [0.2, 0.25) is 5.75 Å². The second-order valence-corrected chi connectivity index (χ2v) is 6.97. The molecule has 8 nitrogen and oxygen atoms in total. The fraction of sp³-hybridized carbons (Fsp3) is 0.500. The number of aliphatic imine (C=N–C) groups is 1. The Morgan fingerprint density at radius 2 is 1.73 bits per heavy atom. The van der Waals surface area contributed by atoms with Crippen LogP contribution in [0.4, 0.5) is 4.79 Å². The first-order chi connectivity index (χ1) is 12.1. The van der Waals surface area contributed by atoms with Crippen LogP contribution in [0.25, 0.3) is 0 Å². The molecule has 2 rings (SSSR count). The SMILES string of the molecule is COc1cc(C2NC(=O)N=C(C)C2C(=O)OC(C)(C)C)cc(OC)c1O. The molecule has 0 bridgehead atoms. The number of urea groups is 1. The fourth-order valence-corrected chi connectivity index (χ4v) is 2.76. The summed E-state index contributed by atoms with van der Waals surface area (Å²) in [5.41, 5.74) is 0.183. The van der Waals surface area contributed by atoms with Gasteiger partial charge in [0.05, 0.1) is 20.3 Å². The van der Waals surface area contributed by atoms with E-state index in [-0.39, 0.29) is 17.2 Å². The molecule has 1 aliphatic rings. The standard InChI is InChI=1S/C18H24N2O6/c1-9-13(16(22)26-18(2,3)4)14(20-17(23)19-9)10-7-11(24-5)15(21)12(8-10)25-6/h7-8,13-14,21H,1-6H3,(H,20,23). The van der Waals surface area contributed by atoms with Crippen LogP contribution < -0.4 is 14.8 Å². The Morgan fingerprint density at radius 1 is 1.19 bits per heavy atom. The number of rotatable bonds is 4. The Labute approximate surface area is 152 Å². The third kappa shape index (κ3) is 4.07. The third-order valence-corrected chi connectivity index (χ3v) is 3.86. The summed E-state index contributed by atoms with van der Waals surface area (Å²) in [6.07, 6.45) is 0. The number of ether oxygens (including phenoxy) is 3. The Morgan fingerprint density at radius 3 is 2.19 bits per heavy atom. The van der Waals surface area contributed by atoms with E-state index in [0.717, 1.165) is 0 Å². The molecule has 8 heteroatoms. The zero-order valence-corrected chi connectivity index (χ0v) is 15.7. The molecule has 0 saturated carbocycles. The molecule has 2 amide bonds. The lowest BCUT2D eigenvalue weighted by atomic mass is 9.87. The van der Waals surface area contributed by atoms with Crippen molar-refractivity contribution in [3.8, 4) is 17.2 Å². The van der Waals surface area contributed by atoms with Crippen LogP contribution in [0.15, 0.2) is 17.1 Å². The number of aromatic hydroxyl groups is 1. The summed E-state index contributed by atoms with van der Waals surface area (Å²) in [5, 5.41) is 12.8.